The van der Waals surface area contributed by atoms with Gasteiger partial charge in [-0.3, -0.25) is 6.08 Å². The van der Waals surface area contributed by atoms with E-state index < -0.39 is 0 Å². The molecule has 0 spiro atoms. The van der Waals surface area contributed by atoms with Crippen LogP contribution in [-0.2, 0) is 27.1 Å². The molecule has 1 aromatic rings. The van der Waals surface area contributed by atoms with E-state index in [1.807, 2.05) is 12.1 Å². The first-order valence-corrected chi connectivity index (χ1v) is 7.20. The third kappa shape index (κ3) is 8.45. The number of rotatable bonds is 0. The van der Waals surface area contributed by atoms with Crippen molar-refractivity contribution < 1.29 is 26.8 Å². The molecule has 0 saturated heterocycles. The van der Waals surface area contributed by atoms with Crippen LogP contribution in [-0.4, -0.2) is 5.11 Å². The molecule has 1 aliphatic carbocycles. The van der Waals surface area contributed by atoms with Crippen LogP contribution in [0.15, 0.2) is 41.0 Å². The molecule has 1 aromatic carbocycles. The second-order valence-corrected chi connectivity index (χ2v) is 6.60. The van der Waals surface area contributed by atoms with Crippen molar-refractivity contribution in [2.24, 2.45) is 5.92 Å². The Balaban J connectivity index is -0.000000312. The molecule has 0 saturated carbocycles. The number of benzene rings is 1. The maximum atomic E-state index is 9.18. The minimum absolute atomic E-state index is 0. The van der Waals surface area contributed by atoms with Gasteiger partial charge in [-0.25, -0.2) is 5.57 Å². The molecule has 0 bridgehead atoms. The minimum Gasteiger partial charge on any atom is -0.508 e. The van der Waals surface area contributed by atoms with Crippen molar-refractivity contribution in [3.05, 3.63) is 52.6 Å². The van der Waals surface area contributed by atoms with E-state index >= 15 is 0 Å². The molecule has 4 heteroatoms. The number of phenols is 1. The standard InChI is InChI=1S/C10H14O.C9H13.2ClH.Ti/c1-10(2,3)8-5-4-6-9(11)7-8;1-6-5-7(2)9(4)8(6)3;;;/h4-7,11H,1-3H3;6H,1-4H3;2*1H;/q;-1;;;. The minimum atomic E-state index is 0. The Labute approximate surface area is 169 Å². The summed E-state index contributed by atoms with van der Waals surface area (Å²) < 4.78 is 0. The van der Waals surface area contributed by atoms with Crippen LogP contribution in [0.3, 0.4) is 0 Å². The molecule has 1 atom stereocenters. The summed E-state index contributed by atoms with van der Waals surface area (Å²) in [4.78, 5) is 0. The average molecular weight is 392 g/mol. The summed E-state index contributed by atoms with van der Waals surface area (Å²) in [6.45, 7) is 15.0. The summed E-state index contributed by atoms with van der Waals surface area (Å²) in [5, 5.41) is 9.18. The topological polar surface area (TPSA) is 20.2 Å². The zero-order chi connectivity index (χ0) is 15.5. The molecule has 1 N–H and O–H groups in total. The van der Waals surface area contributed by atoms with Gasteiger partial charge in [0.15, 0.2) is 0 Å². The molecule has 23 heavy (non-hydrogen) atoms. The first-order valence-electron chi connectivity index (χ1n) is 7.20. The largest absolute Gasteiger partial charge is 0.508 e. The van der Waals surface area contributed by atoms with Gasteiger partial charge in [-0.05, 0) is 23.1 Å². The summed E-state index contributed by atoms with van der Waals surface area (Å²) >= 11 is 0. The summed E-state index contributed by atoms with van der Waals surface area (Å²) in [6, 6.07) is 7.39. The number of aromatic hydroxyl groups is 1. The molecule has 1 aliphatic rings. The molecular formula is C19H29Cl2OTi-. The van der Waals surface area contributed by atoms with Gasteiger partial charge in [0.05, 0.1) is 0 Å². The Bertz CT molecular complexity index is 543. The van der Waals surface area contributed by atoms with Gasteiger partial charge in [0.25, 0.3) is 0 Å². The van der Waals surface area contributed by atoms with Crippen molar-refractivity contribution in [1.29, 1.82) is 0 Å². The Kier molecular flexibility index (Phi) is 13.7. The van der Waals surface area contributed by atoms with Crippen molar-refractivity contribution in [1.82, 2.24) is 0 Å². The van der Waals surface area contributed by atoms with E-state index in [9.17, 15) is 5.11 Å². The number of allylic oxidation sites excluding steroid dienone is 4. The monoisotopic (exact) mass is 391 g/mol. The zero-order valence-corrected chi connectivity index (χ0v) is 18.3. The van der Waals surface area contributed by atoms with Gasteiger partial charge in [0.1, 0.15) is 5.75 Å². The van der Waals surface area contributed by atoms with Crippen molar-refractivity contribution >= 4 is 24.8 Å². The zero-order valence-electron chi connectivity index (χ0n) is 15.2. The van der Waals surface area contributed by atoms with Gasteiger partial charge in [0, 0.05) is 21.7 Å². The molecule has 0 fully saturated rings. The molecule has 0 aliphatic heterocycles. The van der Waals surface area contributed by atoms with Crippen LogP contribution in [0.4, 0.5) is 0 Å². The summed E-state index contributed by atoms with van der Waals surface area (Å²) in [7, 11) is 0. The Morgan fingerprint density at radius 2 is 1.57 bits per heavy atom. The first kappa shape index (κ1) is 27.6. The fraction of sp³-hybridized carbons (Fsp3) is 0.474. The van der Waals surface area contributed by atoms with Gasteiger partial charge in [0.2, 0.25) is 0 Å². The van der Waals surface area contributed by atoms with Crippen LogP contribution < -0.4 is 0 Å². The molecule has 0 heterocycles. The van der Waals surface area contributed by atoms with Crippen LogP contribution in [0.1, 0.15) is 54.0 Å². The van der Waals surface area contributed by atoms with Crippen LogP contribution in [0.5, 0.6) is 5.75 Å². The Hall–Kier alpha value is -0.206. The van der Waals surface area contributed by atoms with Crippen LogP contribution in [0.2, 0.25) is 0 Å². The Morgan fingerprint density at radius 1 is 1.04 bits per heavy atom. The second kappa shape index (κ2) is 11.4. The van der Waals surface area contributed by atoms with Gasteiger partial charge >= 0.3 is 0 Å². The van der Waals surface area contributed by atoms with E-state index in [0.717, 1.165) is 5.56 Å². The van der Waals surface area contributed by atoms with E-state index in [4.69, 9.17) is 0 Å². The number of hydrogen-bond donors (Lipinski definition) is 1. The number of halogens is 2. The normalized spacial score (nSPS) is 16.1. The summed E-state index contributed by atoms with van der Waals surface area (Å²) in [5.74, 6) is 0.905. The fourth-order valence-corrected chi connectivity index (χ4v) is 2.13. The van der Waals surface area contributed by atoms with Crippen LogP contribution in [0.25, 0.3) is 0 Å². The third-order valence-corrected chi connectivity index (χ3v) is 3.95. The number of hydrogen-bond acceptors (Lipinski definition) is 1. The SMILES string of the molecule is CC(C)(C)c1cccc(O)c1.CC1=[C-]C(C)C(C)=C1C.Cl.Cl.[Ti]. The Morgan fingerprint density at radius 3 is 1.78 bits per heavy atom. The summed E-state index contributed by atoms with van der Waals surface area (Å²) in [6.07, 6.45) is 3.36. The average Bonchev–Trinajstić information content (AvgIpc) is 2.56. The molecule has 0 amide bonds. The van der Waals surface area contributed by atoms with Crippen LogP contribution in [0, 0.1) is 12.0 Å². The third-order valence-electron chi connectivity index (χ3n) is 3.95. The smallest absolute Gasteiger partial charge is 0.115 e. The van der Waals surface area contributed by atoms with Gasteiger partial charge in [-0.2, -0.15) is 11.1 Å². The van der Waals surface area contributed by atoms with Gasteiger partial charge in [-0.15, -0.1) is 31.7 Å². The molecule has 130 valence electrons. The predicted octanol–water partition coefficient (Wildman–Crippen LogP) is 6.25. The van der Waals surface area contributed by atoms with E-state index in [1.165, 1.54) is 16.7 Å². The van der Waals surface area contributed by atoms with Crippen LogP contribution >= 0.6 is 24.8 Å². The molecule has 0 aromatic heterocycles. The quantitative estimate of drug-likeness (QED) is 0.409. The molecule has 2 rings (SSSR count). The van der Waals surface area contributed by atoms with E-state index in [-0.39, 0.29) is 51.9 Å². The van der Waals surface area contributed by atoms with Gasteiger partial charge in [-0.1, -0.05) is 59.6 Å². The molecule has 1 unspecified atom stereocenters. The van der Waals surface area contributed by atoms with Gasteiger partial charge < -0.3 is 5.11 Å². The van der Waals surface area contributed by atoms with Crippen molar-refractivity contribution in [3.63, 3.8) is 0 Å². The maximum absolute atomic E-state index is 9.18. The van der Waals surface area contributed by atoms with E-state index in [2.05, 4.69) is 54.5 Å². The molecular weight excluding hydrogens is 363 g/mol. The molecule has 0 radical (unpaired) electrons. The second-order valence-electron chi connectivity index (χ2n) is 6.60. The summed E-state index contributed by atoms with van der Waals surface area (Å²) in [5.41, 5.74) is 5.53. The molecule has 1 nitrogen and oxygen atoms in total. The maximum Gasteiger partial charge on any atom is 0.115 e. The fourth-order valence-electron chi connectivity index (χ4n) is 2.13. The van der Waals surface area contributed by atoms with E-state index in [0.29, 0.717) is 11.7 Å². The first-order chi connectivity index (χ1) is 9.12. The van der Waals surface area contributed by atoms with Crippen molar-refractivity contribution in [3.8, 4) is 5.75 Å². The van der Waals surface area contributed by atoms with Crippen molar-refractivity contribution in [2.75, 3.05) is 0 Å². The van der Waals surface area contributed by atoms with E-state index in [1.54, 1.807) is 12.1 Å². The van der Waals surface area contributed by atoms with Crippen molar-refractivity contribution in [2.45, 2.75) is 53.9 Å². The predicted molar refractivity (Wildman–Crippen MR) is 101 cm³/mol. The number of phenolic OH excluding ortho intramolecular Hbond substituents is 1.